The third-order valence-corrected chi connectivity index (χ3v) is 6.50. The number of rotatable bonds is 5. The van der Waals surface area contributed by atoms with Gasteiger partial charge in [-0.05, 0) is 55.2 Å². The highest BCUT2D eigenvalue weighted by molar-refractivity contribution is 5.92. The van der Waals surface area contributed by atoms with E-state index >= 15 is 0 Å². The van der Waals surface area contributed by atoms with Gasteiger partial charge >= 0.3 is 0 Å². The summed E-state index contributed by atoms with van der Waals surface area (Å²) < 4.78 is 6.41. The molecule has 3 rings (SSSR count). The molecule has 0 atom stereocenters. The molecule has 2 aromatic rings. The van der Waals surface area contributed by atoms with Crippen LogP contribution in [0.25, 0.3) is 0 Å². The van der Waals surface area contributed by atoms with E-state index in [1.165, 1.54) is 0 Å². The summed E-state index contributed by atoms with van der Waals surface area (Å²) in [5.74, 6) is 0.791. The lowest BCUT2D eigenvalue weighted by Crippen LogP contribution is -2.74. The van der Waals surface area contributed by atoms with E-state index < -0.39 is 0 Å². The van der Waals surface area contributed by atoms with Crippen LogP contribution in [0.3, 0.4) is 0 Å². The molecule has 1 aliphatic rings. The van der Waals surface area contributed by atoms with Crippen LogP contribution in [0.1, 0.15) is 80.3 Å². The Balaban J connectivity index is 1.77. The minimum atomic E-state index is -0.291. The van der Waals surface area contributed by atoms with Gasteiger partial charge in [0.2, 0.25) is 0 Å². The number of nitriles is 1. The predicted octanol–water partition coefficient (Wildman–Crippen LogP) is 4.70. The summed E-state index contributed by atoms with van der Waals surface area (Å²) in [6.07, 6.45) is -0.105. The van der Waals surface area contributed by atoms with Crippen LogP contribution in [-0.4, -0.2) is 28.3 Å². The number of nitrogens with zero attached hydrogens (tertiary/aromatic N) is 3. The van der Waals surface area contributed by atoms with Gasteiger partial charge < -0.3 is 10.1 Å². The molecular weight excluding hydrogens is 388 g/mol. The fraction of sp³-hybridized carbons (Fsp3) is 0.520. The molecule has 6 heteroatoms. The Morgan fingerprint density at radius 1 is 1.10 bits per heavy atom. The van der Waals surface area contributed by atoms with Crippen LogP contribution in [0.2, 0.25) is 0 Å². The maximum atomic E-state index is 12.8. The normalized spacial score (nSPS) is 21.2. The monoisotopic (exact) mass is 420 g/mol. The Bertz CT molecular complexity index is 993. The second kappa shape index (κ2) is 7.96. The molecule has 1 N–H and O–H groups in total. The Labute approximate surface area is 185 Å². The lowest BCUT2D eigenvalue weighted by molar-refractivity contribution is -0.164. The van der Waals surface area contributed by atoms with Crippen LogP contribution in [-0.2, 0) is 0 Å². The standard InChI is InChI=1S/C25H32N4O2/c1-14(2)19-9-10-20(29-28-19)21(30)27-22-24(5,6)23(25(22,7)8)31-17-11-15(3)18(13-26)16(4)12-17/h9-12,14,22-23H,1-8H3,(H,27,30)/t22-,23-. The molecule has 31 heavy (non-hydrogen) atoms. The summed E-state index contributed by atoms with van der Waals surface area (Å²) in [7, 11) is 0. The van der Waals surface area contributed by atoms with Crippen LogP contribution in [0, 0.1) is 36.0 Å². The van der Waals surface area contributed by atoms with E-state index in [4.69, 9.17) is 4.74 Å². The molecule has 0 aliphatic heterocycles. The van der Waals surface area contributed by atoms with Crippen molar-refractivity contribution in [1.29, 1.82) is 5.26 Å². The molecule has 1 aromatic carbocycles. The van der Waals surface area contributed by atoms with Gasteiger partial charge in [0.25, 0.3) is 5.91 Å². The molecule has 1 amide bonds. The van der Waals surface area contributed by atoms with Crippen LogP contribution in [0.4, 0.5) is 0 Å². The summed E-state index contributed by atoms with van der Waals surface area (Å²) in [5.41, 5.74) is 3.09. The number of hydrogen-bond donors (Lipinski definition) is 1. The SMILES string of the molecule is Cc1cc(O[C@H]2C(C)(C)[C@H](NC(=O)c3ccc(C(C)C)nn3)C2(C)C)cc(C)c1C#N. The van der Waals surface area contributed by atoms with Gasteiger partial charge in [0.15, 0.2) is 5.69 Å². The largest absolute Gasteiger partial charge is 0.489 e. The number of ether oxygens (including phenoxy) is 1. The number of nitrogens with one attached hydrogen (secondary N) is 1. The van der Waals surface area contributed by atoms with E-state index in [0.29, 0.717) is 11.3 Å². The van der Waals surface area contributed by atoms with E-state index in [1.54, 1.807) is 6.07 Å². The molecule has 1 aromatic heterocycles. The van der Waals surface area contributed by atoms with E-state index in [0.717, 1.165) is 22.6 Å². The highest BCUT2D eigenvalue weighted by atomic mass is 16.5. The van der Waals surface area contributed by atoms with Crippen molar-refractivity contribution in [3.63, 3.8) is 0 Å². The second-order valence-electron chi connectivity index (χ2n) is 10.1. The van der Waals surface area contributed by atoms with Gasteiger partial charge in [0.1, 0.15) is 11.9 Å². The lowest BCUT2D eigenvalue weighted by Gasteiger charge is -2.63. The summed E-state index contributed by atoms with van der Waals surface area (Å²) in [6, 6.07) is 9.56. The molecule has 1 fully saturated rings. The molecule has 164 valence electrons. The molecule has 1 heterocycles. The van der Waals surface area contributed by atoms with Crippen molar-refractivity contribution in [3.8, 4) is 11.8 Å². The van der Waals surface area contributed by atoms with E-state index in [9.17, 15) is 10.1 Å². The zero-order valence-electron chi connectivity index (χ0n) is 19.7. The van der Waals surface area contributed by atoms with Gasteiger partial charge in [-0.1, -0.05) is 41.5 Å². The minimum absolute atomic E-state index is 0.0929. The number of aryl methyl sites for hydroxylation is 2. The smallest absolute Gasteiger partial charge is 0.272 e. The second-order valence-corrected chi connectivity index (χ2v) is 10.1. The molecule has 0 saturated heterocycles. The summed E-state index contributed by atoms with van der Waals surface area (Å²) in [6.45, 7) is 16.3. The number of benzene rings is 1. The van der Waals surface area contributed by atoms with Crippen molar-refractivity contribution in [3.05, 3.63) is 52.3 Å². The van der Waals surface area contributed by atoms with Crippen LogP contribution >= 0.6 is 0 Å². The predicted molar refractivity (Wildman–Crippen MR) is 120 cm³/mol. The van der Waals surface area contributed by atoms with E-state index in [-0.39, 0.29) is 34.8 Å². The quantitative estimate of drug-likeness (QED) is 0.757. The third-order valence-electron chi connectivity index (χ3n) is 6.50. The Morgan fingerprint density at radius 2 is 1.68 bits per heavy atom. The minimum Gasteiger partial charge on any atom is -0.489 e. The fourth-order valence-electron chi connectivity index (χ4n) is 5.08. The molecule has 6 nitrogen and oxygen atoms in total. The van der Waals surface area contributed by atoms with Crippen molar-refractivity contribution in [2.75, 3.05) is 0 Å². The van der Waals surface area contributed by atoms with Crippen molar-refractivity contribution in [2.24, 2.45) is 10.8 Å². The molecule has 0 radical (unpaired) electrons. The first-order valence-electron chi connectivity index (χ1n) is 10.7. The van der Waals surface area contributed by atoms with Crippen molar-refractivity contribution in [1.82, 2.24) is 15.5 Å². The molecule has 0 spiro atoms. The zero-order chi connectivity index (χ0) is 23.1. The first-order valence-corrected chi connectivity index (χ1v) is 10.7. The number of amides is 1. The van der Waals surface area contributed by atoms with Gasteiger partial charge in [0, 0.05) is 16.9 Å². The van der Waals surface area contributed by atoms with E-state index in [2.05, 4.69) is 49.3 Å². The topological polar surface area (TPSA) is 87.9 Å². The molecule has 1 saturated carbocycles. The van der Waals surface area contributed by atoms with Gasteiger partial charge in [-0.2, -0.15) is 10.4 Å². The van der Waals surface area contributed by atoms with Crippen LogP contribution in [0.5, 0.6) is 5.75 Å². The Hall–Kier alpha value is -2.94. The zero-order valence-corrected chi connectivity index (χ0v) is 19.7. The summed E-state index contributed by atoms with van der Waals surface area (Å²) in [5, 5.41) is 20.7. The van der Waals surface area contributed by atoms with E-state index in [1.807, 2.05) is 45.9 Å². The molecule has 0 unspecified atom stereocenters. The molecule has 0 bridgehead atoms. The highest BCUT2D eigenvalue weighted by Crippen LogP contribution is 2.55. The van der Waals surface area contributed by atoms with Crippen molar-refractivity contribution < 1.29 is 9.53 Å². The van der Waals surface area contributed by atoms with Gasteiger partial charge in [-0.25, -0.2) is 0 Å². The third kappa shape index (κ3) is 4.01. The average Bonchev–Trinajstić information content (AvgIpc) is 2.69. The van der Waals surface area contributed by atoms with Gasteiger partial charge in [-0.15, -0.1) is 5.10 Å². The Kier molecular flexibility index (Phi) is 5.84. The average molecular weight is 421 g/mol. The van der Waals surface area contributed by atoms with Gasteiger partial charge in [-0.3, -0.25) is 4.79 Å². The number of carbonyl (C=O) groups excluding carboxylic acids is 1. The first-order chi connectivity index (χ1) is 14.4. The number of carbonyl (C=O) groups is 1. The summed E-state index contributed by atoms with van der Waals surface area (Å²) in [4.78, 5) is 12.8. The summed E-state index contributed by atoms with van der Waals surface area (Å²) >= 11 is 0. The van der Waals surface area contributed by atoms with Gasteiger partial charge in [0.05, 0.1) is 17.3 Å². The molecule has 1 aliphatic carbocycles. The maximum absolute atomic E-state index is 12.8. The van der Waals surface area contributed by atoms with Crippen LogP contribution < -0.4 is 10.1 Å². The number of aromatic nitrogens is 2. The first kappa shape index (κ1) is 22.7. The number of hydrogen-bond acceptors (Lipinski definition) is 5. The molecular formula is C25H32N4O2. The Morgan fingerprint density at radius 3 is 2.13 bits per heavy atom. The fourth-order valence-corrected chi connectivity index (χ4v) is 5.08. The maximum Gasteiger partial charge on any atom is 0.272 e. The highest BCUT2D eigenvalue weighted by Gasteiger charge is 2.64. The van der Waals surface area contributed by atoms with Crippen molar-refractivity contribution >= 4 is 5.91 Å². The van der Waals surface area contributed by atoms with Crippen LogP contribution in [0.15, 0.2) is 24.3 Å². The lowest BCUT2D eigenvalue weighted by atomic mass is 9.49. The van der Waals surface area contributed by atoms with Crippen molar-refractivity contribution in [2.45, 2.75) is 73.5 Å².